The first-order valence-corrected chi connectivity index (χ1v) is 9.11. The van der Waals surface area contributed by atoms with Gasteiger partial charge in [-0.05, 0) is 38.0 Å². The first-order chi connectivity index (χ1) is 11.7. The van der Waals surface area contributed by atoms with Gasteiger partial charge in [0, 0.05) is 23.2 Å². The first-order valence-electron chi connectivity index (χ1n) is 8.73. The standard InChI is InChI=1S/C20H23ClN2O/c1-2-23(15-9-4-3-5-10-15)20(24)19-14-8-13-18(22-19)16-11-6-7-12-17(16)21/h6-8,11-15H,2-5,9-10H2,1H3. The van der Waals surface area contributed by atoms with Crippen molar-refractivity contribution >= 4 is 17.5 Å². The molecule has 3 nitrogen and oxygen atoms in total. The quantitative estimate of drug-likeness (QED) is 0.765. The van der Waals surface area contributed by atoms with E-state index in [4.69, 9.17) is 11.6 Å². The molecular weight excluding hydrogens is 320 g/mol. The molecule has 0 saturated heterocycles. The molecule has 1 aromatic carbocycles. The van der Waals surface area contributed by atoms with Crippen LogP contribution in [0, 0.1) is 0 Å². The summed E-state index contributed by atoms with van der Waals surface area (Å²) in [4.78, 5) is 19.5. The van der Waals surface area contributed by atoms with Crippen molar-refractivity contribution in [3.05, 3.63) is 53.2 Å². The molecule has 0 bridgehead atoms. The zero-order chi connectivity index (χ0) is 16.9. The normalized spacial score (nSPS) is 15.2. The summed E-state index contributed by atoms with van der Waals surface area (Å²) in [6.07, 6.45) is 5.90. The summed E-state index contributed by atoms with van der Waals surface area (Å²) >= 11 is 6.27. The Morgan fingerprint density at radius 2 is 1.88 bits per heavy atom. The molecule has 1 saturated carbocycles. The first kappa shape index (κ1) is 17.0. The van der Waals surface area contributed by atoms with Gasteiger partial charge in [0.2, 0.25) is 0 Å². The van der Waals surface area contributed by atoms with E-state index in [2.05, 4.69) is 4.98 Å². The average molecular weight is 343 g/mol. The summed E-state index contributed by atoms with van der Waals surface area (Å²) in [6, 6.07) is 13.5. The van der Waals surface area contributed by atoms with Crippen LogP contribution in [0.4, 0.5) is 0 Å². The number of rotatable bonds is 4. The molecule has 0 N–H and O–H groups in total. The fraction of sp³-hybridized carbons (Fsp3) is 0.400. The predicted molar refractivity (Wildman–Crippen MR) is 98.3 cm³/mol. The second-order valence-corrected chi connectivity index (χ2v) is 6.68. The van der Waals surface area contributed by atoms with Gasteiger partial charge in [-0.15, -0.1) is 0 Å². The molecule has 3 rings (SSSR count). The van der Waals surface area contributed by atoms with E-state index in [9.17, 15) is 4.79 Å². The fourth-order valence-corrected chi connectivity index (χ4v) is 3.71. The minimum atomic E-state index is 0.0262. The number of carbonyl (C=O) groups is 1. The van der Waals surface area contributed by atoms with E-state index in [1.54, 1.807) is 6.07 Å². The molecule has 4 heteroatoms. The zero-order valence-corrected chi connectivity index (χ0v) is 14.8. The highest BCUT2D eigenvalue weighted by Gasteiger charge is 2.25. The molecule has 1 fully saturated rings. The Balaban J connectivity index is 1.87. The highest BCUT2D eigenvalue weighted by atomic mass is 35.5. The molecule has 126 valence electrons. The molecule has 0 spiro atoms. The summed E-state index contributed by atoms with van der Waals surface area (Å²) in [5.74, 6) is 0.0262. The van der Waals surface area contributed by atoms with Crippen molar-refractivity contribution in [1.29, 1.82) is 0 Å². The lowest BCUT2D eigenvalue weighted by Crippen LogP contribution is -2.41. The van der Waals surface area contributed by atoms with Crippen molar-refractivity contribution in [2.45, 2.75) is 45.1 Å². The zero-order valence-electron chi connectivity index (χ0n) is 14.0. The molecule has 1 aliphatic carbocycles. The molecular formula is C20H23ClN2O. The van der Waals surface area contributed by atoms with Crippen LogP contribution in [0.25, 0.3) is 11.3 Å². The van der Waals surface area contributed by atoms with Crippen LogP contribution < -0.4 is 0 Å². The molecule has 0 unspecified atom stereocenters. The van der Waals surface area contributed by atoms with Crippen molar-refractivity contribution in [3.8, 4) is 11.3 Å². The molecule has 1 amide bonds. The van der Waals surface area contributed by atoms with Crippen LogP contribution in [0.15, 0.2) is 42.5 Å². The van der Waals surface area contributed by atoms with Gasteiger partial charge in [-0.3, -0.25) is 4.79 Å². The largest absolute Gasteiger partial charge is 0.335 e. The van der Waals surface area contributed by atoms with E-state index < -0.39 is 0 Å². The molecule has 0 atom stereocenters. The van der Waals surface area contributed by atoms with Crippen molar-refractivity contribution in [1.82, 2.24) is 9.88 Å². The Morgan fingerprint density at radius 3 is 2.58 bits per heavy atom. The third-order valence-electron chi connectivity index (χ3n) is 4.74. The lowest BCUT2D eigenvalue weighted by Gasteiger charge is -2.33. The number of hydrogen-bond donors (Lipinski definition) is 0. The summed E-state index contributed by atoms with van der Waals surface area (Å²) in [5, 5.41) is 0.647. The van der Waals surface area contributed by atoms with E-state index in [1.807, 2.05) is 48.2 Å². The van der Waals surface area contributed by atoms with Gasteiger partial charge in [-0.1, -0.05) is 55.1 Å². The van der Waals surface area contributed by atoms with Crippen LogP contribution >= 0.6 is 11.6 Å². The van der Waals surface area contributed by atoms with Crippen molar-refractivity contribution in [2.24, 2.45) is 0 Å². The van der Waals surface area contributed by atoms with Crippen LogP contribution in [0.1, 0.15) is 49.5 Å². The number of nitrogens with zero attached hydrogens (tertiary/aromatic N) is 2. The number of aromatic nitrogens is 1. The number of hydrogen-bond acceptors (Lipinski definition) is 2. The Morgan fingerprint density at radius 1 is 1.12 bits per heavy atom. The van der Waals surface area contributed by atoms with Crippen molar-refractivity contribution in [3.63, 3.8) is 0 Å². The lowest BCUT2D eigenvalue weighted by molar-refractivity contribution is 0.0642. The minimum absolute atomic E-state index is 0.0262. The summed E-state index contributed by atoms with van der Waals surface area (Å²) in [7, 11) is 0. The average Bonchev–Trinajstić information content (AvgIpc) is 2.64. The number of benzene rings is 1. The van der Waals surface area contributed by atoms with Crippen LogP contribution in [-0.4, -0.2) is 28.4 Å². The van der Waals surface area contributed by atoms with Crippen molar-refractivity contribution in [2.75, 3.05) is 6.54 Å². The number of pyridine rings is 1. The Kier molecular flexibility index (Phi) is 5.52. The maximum absolute atomic E-state index is 13.0. The maximum Gasteiger partial charge on any atom is 0.272 e. The third-order valence-corrected chi connectivity index (χ3v) is 5.06. The van der Waals surface area contributed by atoms with Crippen LogP contribution in [0.2, 0.25) is 5.02 Å². The molecule has 1 heterocycles. The maximum atomic E-state index is 13.0. The Labute approximate surface area is 148 Å². The molecule has 0 radical (unpaired) electrons. The van der Waals surface area contributed by atoms with Gasteiger partial charge < -0.3 is 4.90 Å². The van der Waals surface area contributed by atoms with Crippen LogP contribution in [0.5, 0.6) is 0 Å². The van der Waals surface area contributed by atoms with Crippen LogP contribution in [0.3, 0.4) is 0 Å². The highest BCUT2D eigenvalue weighted by Crippen LogP contribution is 2.27. The number of amides is 1. The van der Waals surface area contributed by atoms with E-state index in [0.717, 1.165) is 30.6 Å². The minimum Gasteiger partial charge on any atom is -0.335 e. The Hall–Kier alpha value is -1.87. The van der Waals surface area contributed by atoms with E-state index >= 15 is 0 Å². The summed E-state index contributed by atoms with van der Waals surface area (Å²) < 4.78 is 0. The van der Waals surface area contributed by atoms with Crippen LogP contribution in [-0.2, 0) is 0 Å². The van der Waals surface area contributed by atoms with Gasteiger partial charge in [0.25, 0.3) is 5.91 Å². The number of carbonyl (C=O) groups excluding carboxylic acids is 1. The van der Waals surface area contributed by atoms with Gasteiger partial charge in [0.1, 0.15) is 5.69 Å². The third kappa shape index (κ3) is 3.62. The predicted octanol–water partition coefficient (Wildman–Crippen LogP) is 5.20. The Bertz CT molecular complexity index is 710. The molecule has 1 aliphatic rings. The second-order valence-electron chi connectivity index (χ2n) is 6.27. The smallest absolute Gasteiger partial charge is 0.272 e. The van der Waals surface area contributed by atoms with Crippen molar-refractivity contribution < 1.29 is 4.79 Å². The van der Waals surface area contributed by atoms with Gasteiger partial charge >= 0.3 is 0 Å². The van der Waals surface area contributed by atoms with E-state index in [0.29, 0.717) is 16.8 Å². The topological polar surface area (TPSA) is 33.2 Å². The molecule has 2 aromatic rings. The summed E-state index contributed by atoms with van der Waals surface area (Å²) in [5.41, 5.74) is 2.10. The van der Waals surface area contributed by atoms with Gasteiger partial charge in [-0.2, -0.15) is 0 Å². The fourth-order valence-electron chi connectivity index (χ4n) is 3.48. The summed E-state index contributed by atoms with van der Waals surface area (Å²) in [6.45, 7) is 2.77. The number of halogens is 1. The van der Waals surface area contributed by atoms with Gasteiger partial charge in [0.05, 0.1) is 5.69 Å². The van der Waals surface area contributed by atoms with Gasteiger partial charge in [-0.25, -0.2) is 4.98 Å². The lowest BCUT2D eigenvalue weighted by atomic mass is 9.94. The highest BCUT2D eigenvalue weighted by molar-refractivity contribution is 6.33. The molecule has 24 heavy (non-hydrogen) atoms. The molecule has 0 aliphatic heterocycles. The SMILES string of the molecule is CCN(C(=O)c1cccc(-c2ccccc2Cl)n1)C1CCCCC1. The van der Waals surface area contributed by atoms with Gasteiger partial charge in [0.15, 0.2) is 0 Å². The second kappa shape index (κ2) is 7.80. The molecule has 1 aromatic heterocycles. The van der Waals surface area contributed by atoms with E-state index in [1.165, 1.54) is 19.3 Å². The van der Waals surface area contributed by atoms with E-state index in [-0.39, 0.29) is 5.91 Å². The monoisotopic (exact) mass is 342 g/mol.